The number of hydrogen-bond donors (Lipinski definition) is 3. The summed E-state index contributed by atoms with van der Waals surface area (Å²) in [5, 5.41) is 19.5. The Labute approximate surface area is 80.7 Å². The van der Waals surface area contributed by atoms with E-state index in [-0.39, 0.29) is 0 Å². The molecule has 0 bridgehead atoms. The van der Waals surface area contributed by atoms with E-state index in [9.17, 15) is 15.2 Å². The van der Waals surface area contributed by atoms with Crippen LogP contribution in [-0.4, -0.2) is 15.9 Å². The van der Waals surface area contributed by atoms with Crippen LogP contribution in [0.4, 0.5) is 5.69 Å². The van der Waals surface area contributed by atoms with Gasteiger partial charge in [-0.3, -0.25) is 10.1 Å². The summed E-state index contributed by atoms with van der Waals surface area (Å²) in [4.78, 5) is 9.46. The van der Waals surface area contributed by atoms with Gasteiger partial charge in [0.05, 0.1) is 11.8 Å². The van der Waals surface area contributed by atoms with Crippen molar-refractivity contribution >= 4 is 5.69 Å². The molecule has 6 heteroatoms. The standard InChI is InChI=1S/C8H11N3O3/c1-8(12,11(13)14)10-9-7-5-3-2-4-6-7/h2-6,9-10,12H,1H3. The van der Waals surface area contributed by atoms with Crippen LogP contribution in [0.25, 0.3) is 0 Å². The Kier molecular flexibility index (Phi) is 3.00. The monoisotopic (exact) mass is 197 g/mol. The number of anilines is 1. The molecule has 0 fully saturated rings. The Morgan fingerprint density at radius 3 is 2.50 bits per heavy atom. The zero-order chi connectivity index (χ0) is 10.6. The van der Waals surface area contributed by atoms with Gasteiger partial charge in [-0.1, -0.05) is 18.2 Å². The zero-order valence-corrected chi connectivity index (χ0v) is 7.60. The van der Waals surface area contributed by atoms with Gasteiger partial charge in [-0.15, -0.1) is 5.43 Å². The molecule has 0 aliphatic carbocycles. The molecule has 1 rings (SSSR count). The zero-order valence-electron chi connectivity index (χ0n) is 7.60. The number of nitrogens with zero attached hydrogens (tertiary/aromatic N) is 1. The fourth-order valence-electron chi connectivity index (χ4n) is 0.758. The fourth-order valence-corrected chi connectivity index (χ4v) is 0.758. The van der Waals surface area contributed by atoms with Crippen LogP contribution in [0.1, 0.15) is 6.92 Å². The van der Waals surface area contributed by atoms with Crippen molar-refractivity contribution in [2.75, 3.05) is 5.43 Å². The molecule has 0 heterocycles. The number of benzene rings is 1. The summed E-state index contributed by atoms with van der Waals surface area (Å²) in [6.07, 6.45) is 0. The molecule has 6 nitrogen and oxygen atoms in total. The van der Waals surface area contributed by atoms with Crippen molar-refractivity contribution in [2.24, 2.45) is 0 Å². The summed E-state index contributed by atoms with van der Waals surface area (Å²) in [5.74, 6) is -2.18. The van der Waals surface area contributed by atoms with Crippen LogP contribution in [0, 0.1) is 10.1 Å². The maximum Gasteiger partial charge on any atom is 0.396 e. The van der Waals surface area contributed by atoms with E-state index < -0.39 is 10.8 Å². The second-order valence-corrected chi connectivity index (χ2v) is 2.89. The van der Waals surface area contributed by atoms with Crippen LogP contribution >= 0.6 is 0 Å². The van der Waals surface area contributed by atoms with E-state index >= 15 is 0 Å². The summed E-state index contributed by atoms with van der Waals surface area (Å²) in [5.41, 5.74) is 5.34. The third-order valence-corrected chi connectivity index (χ3v) is 1.57. The molecule has 1 atom stereocenters. The van der Waals surface area contributed by atoms with Crippen molar-refractivity contribution in [1.29, 1.82) is 0 Å². The predicted molar refractivity (Wildman–Crippen MR) is 50.8 cm³/mol. The minimum atomic E-state index is -2.18. The largest absolute Gasteiger partial charge is 0.396 e. The molecule has 1 aromatic carbocycles. The first-order chi connectivity index (χ1) is 6.52. The van der Waals surface area contributed by atoms with E-state index in [4.69, 9.17) is 0 Å². The number of nitro groups is 1. The average molecular weight is 197 g/mol. The second kappa shape index (κ2) is 4.03. The van der Waals surface area contributed by atoms with Gasteiger partial charge >= 0.3 is 5.85 Å². The van der Waals surface area contributed by atoms with Crippen LogP contribution < -0.4 is 10.9 Å². The van der Waals surface area contributed by atoms with Crippen molar-refractivity contribution < 1.29 is 10.0 Å². The molecule has 1 unspecified atom stereocenters. The first-order valence-corrected chi connectivity index (χ1v) is 3.97. The van der Waals surface area contributed by atoms with Crippen LogP contribution in [0.5, 0.6) is 0 Å². The Morgan fingerprint density at radius 2 is 2.00 bits per heavy atom. The quantitative estimate of drug-likeness (QED) is 0.372. The molecule has 3 N–H and O–H groups in total. The normalized spacial score (nSPS) is 14.4. The van der Waals surface area contributed by atoms with Crippen molar-refractivity contribution in [3.05, 3.63) is 40.4 Å². The molecule has 0 aliphatic heterocycles. The SMILES string of the molecule is CC(O)(NNc1ccccc1)[N+](=O)[O-]. The average Bonchev–Trinajstić information content (AvgIpc) is 2.16. The van der Waals surface area contributed by atoms with E-state index in [1.165, 1.54) is 0 Å². The van der Waals surface area contributed by atoms with Crippen molar-refractivity contribution in [2.45, 2.75) is 12.8 Å². The van der Waals surface area contributed by atoms with E-state index in [2.05, 4.69) is 10.9 Å². The highest BCUT2D eigenvalue weighted by molar-refractivity contribution is 5.41. The molecule has 0 spiro atoms. The number of hydrogen-bond acceptors (Lipinski definition) is 5. The van der Waals surface area contributed by atoms with Gasteiger partial charge in [0.2, 0.25) is 0 Å². The molecule has 76 valence electrons. The molecular formula is C8H11N3O3. The number of nitrogens with one attached hydrogen (secondary N) is 2. The molecule has 0 aromatic heterocycles. The van der Waals surface area contributed by atoms with Crippen molar-refractivity contribution in [3.63, 3.8) is 0 Å². The highest BCUT2D eigenvalue weighted by Crippen LogP contribution is 2.05. The number of aliphatic hydroxyl groups is 1. The van der Waals surface area contributed by atoms with E-state index in [1.54, 1.807) is 24.3 Å². The minimum absolute atomic E-state index is 0.634. The minimum Gasteiger partial charge on any atom is -0.316 e. The third-order valence-electron chi connectivity index (χ3n) is 1.57. The molecule has 14 heavy (non-hydrogen) atoms. The van der Waals surface area contributed by atoms with Gasteiger partial charge < -0.3 is 10.5 Å². The van der Waals surface area contributed by atoms with Crippen LogP contribution in [0.2, 0.25) is 0 Å². The smallest absolute Gasteiger partial charge is 0.316 e. The lowest BCUT2D eigenvalue weighted by Gasteiger charge is -2.16. The summed E-state index contributed by atoms with van der Waals surface area (Å²) >= 11 is 0. The number of para-hydroxylation sites is 1. The van der Waals surface area contributed by atoms with Gasteiger partial charge in [0.1, 0.15) is 0 Å². The van der Waals surface area contributed by atoms with Gasteiger partial charge in [0.25, 0.3) is 0 Å². The van der Waals surface area contributed by atoms with Crippen LogP contribution in [0.3, 0.4) is 0 Å². The lowest BCUT2D eigenvalue weighted by molar-refractivity contribution is -0.627. The summed E-state index contributed by atoms with van der Waals surface area (Å²) in [6.45, 7) is 1.04. The van der Waals surface area contributed by atoms with Crippen molar-refractivity contribution in [3.8, 4) is 0 Å². The predicted octanol–water partition coefficient (Wildman–Crippen LogP) is 0.546. The van der Waals surface area contributed by atoms with Gasteiger partial charge in [-0.25, -0.2) is 0 Å². The van der Waals surface area contributed by atoms with Gasteiger partial charge in [-0.2, -0.15) is 0 Å². The number of rotatable bonds is 4. The van der Waals surface area contributed by atoms with Crippen molar-refractivity contribution in [1.82, 2.24) is 5.43 Å². The Hall–Kier alpha value is -1.66. The number of hydrazine groups is 1. The van der Waals surface area contributed by atoms with E-state index in [0.29, 0.717) is 5.69 Å². The van der Waals surface area contributed by atoms with Gasteiger partial charge in [0.15, 0.2) is 0 Å². The molecule has 0 saturated carbocycles. The third kappa shape index (κ3) is 2.68. The molecule has 0 saturated heterocycles. The Balaban J connectivity index is 2.53. The highest BCUT2D eigenvalue weighted by Gasteiger charge is 2.33. The van der Waals surface area contributed by atoms with E-state index in [0.717, 1.165) is 6.92 Å². The first kappa shape index (κ1) is 10.4. The topological polar surface area (TPSA) is 87.4 Å². The van der Waals surface area contributed by atoms with Crippen LogP contribution in [-0.2, 0) is 0 Å². The Bertz CT molecular complexity index is 313. The summed E-state index contributed by atoms with van der Waals surface area (Å²) < 4.78 is 0. The summed E-state index contributed by atoms with van der Waals surface area (Å²) in [7, 11) is 0. The van der Waals surface area contributed by atoms with Crippen LogP contribution in [0.15, 0.2) is 30.3 Å². The molecule has 0 amide bonds. The first-order valence-electron chi connectivity index (χ1n) is 3.97. The van der Waals surface area contributed by atoms with Gasteiger partial charge in [0, 0.05) is 5.69 Å². The van der Waals surface area contributed by atoms with E-state index in [1.807, 2.05) is 6.07 Å². The maximum absolute atomic E-state index is 10.3. The lowest BCUT2D eigenvalue weighted by Crippen LogP contribution is -2.51. The highest BCUT2D eigenvalue weighted by atomic mass is 16.7. The van der Waals surface area contributed by atoms with Gasteiger partial charge in [-0.05, 0) is 12.1 Å². The lowest BCUT2D eigenvalue weighted by atomic mass is 10.3. The molecular weight excluding hydrogens is 186 g/mol. The fraction of sp³-hybridized carbons (Fsp3) is 0.250. The Morgan fingerprint density at radius 1 is 1.43 bits per heavy atom. The molecule has 1 aromatic rings. The molecule has 0 aliphatic rings. The summed E-state index contributed by atoms with van der Waals surface area (Å²) in [6, 6.07) is 8.78. The second-order valence-electron chi connectivity index (χ2n) is 2.89. The maximum atomic E-state index is 10.3. The molecule has 0 radical (unpaired) electrons.